The van der Waals surface area contributed by atoms with Crippen LogP contribution < -0.4 is 5.32 Å². The van der Waals surface area contributed by atoms with Crippen molar-refractivity contribution < 1.29 is 9.90 Å². The molecule has 100 valence electrons. The van der Waals surface area contributed by atoms with Crippen LogP contribution in [0.3, 0.4) is 0 Å². The third kappa shape index (κ3) is 3.32. The number of aryl methyl sites for hydroxylation is 3. The van der Waals surface area contributed by atoms with Gasteiger partial charge in [-0.3, -0.25) is 4.79 Å². The zero-order valence-corrected chi connectivity index (χ0v) is 12.0. The minimum atomic E-state index is -0.829. The van der Waals surface area contributed by atoms with Crippen LogP contribution in [0.2, 0.25) is 0 Å². The van der Waals surface area contributed by atoms with Gasteiger partial charge in [0.25, 0.3) is 0 Å². The summed E-state index contributed by atoms with van der Waals surface area (Å²) < 4.78 is 0. The summed E-state index contributed by atoms with van der Waals surface area (Å²) in [7, 11) is 0. The van der Waals surface area contributed by atoms with E-state index in [2.05, 4.69) is 23.3 Å². The Morgan fingerprint density at radius 2 is 2.11 bits per heavy atom. The molecule has 0 amide bonds. The molecule has 2 N–H and O–H groups in total. The molecule has 0 atom stereocenters. The Morgan fingerprint density at radius 3 is 2.74 bits per heavy atom. The Morgan fingerprint density at radius 1 is 1.37 bits per heavy atom. The Balaban J connectivity index is 2.21. The minimum Gasteiger partial charge on any atom is -0.481 e. The maximum Gasteiger partial charge on any atom is 0.308 e. The summed E-state index contributed by atoms with van der Waals surface area (Å²) in [5.74, 6) is -0.829. The fourth-order valence-electron chi connectivity index (χ4n) is 1.85. The highest BCUT2D eigenvalue weighted by Gasteiger charge is 2.11. The summed E-state index contributed by atoms with van der Waals surface area (Å²) in [4.78, 5) is 15.9. The zero-order valence-electron chi connectivity index (χ0n) is 11.2. The molecule has 19 heavy (non-hydrogen) atoms. The van der Waals surface area contributed by atoms with Gasteiger partial charge >= 0.3 is 5.97 Å². The molecule has 0 radical (unpaired) electrons. The second kappa shape index (κ2) is 5.40. The van der Waals surface area contributed by atoms with Gasteiger partial charge in [0.15, 0.2) is 5.13 Å². The Hall–Kier alpha value is -1.88. The second-order valence-electron chi connectivity index (χ2n) is 4.54. The third-order valence-corrected chi connectivity index (χ3v) is 3.90. The van der Waals surface area contributed by atoms with Crippen molar-refractivity contribution in [3.8, 4) is 0 Å². The summed E-state index contributed by atoms with van der Waals surface area (Å²) in [6, 6.07) is 6.15. The average molecular weight is 276 g/mol. The summed E-state index contributed by atoms with van der Waals surface area (Å²) in [6.45, 7) is 5.92. The van der Waals surface area contributed by atoms with Gasteiger partial charge in [-0.25, -0.2) is 4.98 Å². The first-order valence-electron chi connectivity index (χ1n) is 5.98. The van der Waals surface area contributed by atoms with E-state index in [0.29, 0.717) is 0 Å². The minimum absolute atomic E-state index is 0.0259. The molecule has 1 aromatic carbocycles. The van der Waals surface area contributed by atoms with E-state index in [0.717, 1.165) is 27.0 Å². The Labute approximate surface area is 116 Å². The molecule has 0 spiro atoms. The Bertz CT molecular complexity index is 620. The average Bonchev–Trinajstić information content (AvgIpc) is 2.62. The van der Waals surface area contributed by atoms with Gasteiger partial charge in [-0.2, -0.15) is 0 Å². The fraction of sp³-hybridized carbons (Fsp3) is 0.286. The molecule has 0 aliphatic rings. The molecular weight excluding hydrogens is 260 g/mol. The number of rotatable bonds is 4. The first kappa shape index (κ1) is 13.5. The van der Waals surface area contributed by atoms with Gasteiger partial charge in [0.1, 0.15) is 0 Å². The van der Waals surface area contributed by atoms with Crippen molar-refractivity contribution in [3.63, 3.8) is 0 Å². The number of carboxylic acid groups (broad SMARTS) is 1. The van der Waals surface area contributed by atoms with Crippen molar-refractivity contribution in [2.45, 2.75) is 27.2 Å². The summed E-state index contributed by atoms with van der Waals surface area (Å²) in [5.41, 5.74) is 4.14. The van der Waals surface area contributed by atoms with Crippen LogP contribution in [0.5, 0.6) is 0 Å². The lowest BCUT2D eigenvalue weighted by atomic mass is 10.1. The van der Waals surface area contributed by atoms with Gasteiger partial charge in [-0.15, -0.1) is 11.3 Å². The van der Waals surface area contributed by atoms with Gasteiger partial charge in [-0.1, -0.05) is 17.7 Å². The van der Waals surface area contributed by atoms with Crippen molar-refractivity contribution in [2.75, 3.05) is 5.32 Å². The van der Waals surface area contributed by atoms with E-state index in [9.17, 15) is 4.79 Å². The largest absolute Gasteiger partial charge is 0.481 e. The molecule has 2 aromatic rings. The molecule has 0 aliphatic carbocycles. The van der Waals surface area contributed by atoms with Crippen molar-refractivity contribution in [3.05, 3.63) is 39.9 Å². The quantitative estimate of drug-likeness (QED) is 0.898. The lowest BCUT2D eigenvalue weighted by Crippen LogP contribution is -1.99. The molecule has 1 heterocycles. The highest BCUT2D eigenvalue weighted by Crippen LogP contribution is 2.27. The molecule has 4 nitrogen and oxygen atoms in total. The maximum atomic E-state index is 10.7. The predicted octanol–water partition coefficient (Wildman–Crippen LogP) is 3.44. The zero-order chi connectivity index (χ0) is 14.0. The normalized spacial score (nSPS) is 10.5. The molecule has 1 aromatic heterocycles. The number of benzene rings is 1. The van der Waals surface area contributed by atoms with E-state index in [4.69, 9.17) is 5.11 Å². The van der Waals surface area contributed by atoms with Gasteiger partial charge in [-0.05, 0) is 32.4 Å². The molecule has 0 aliphatic heterocycles. The molecule has 0 unspecified atom stereocenters. The molecule has 2 rings (SSSR count). The van der Waals surface area contributed by atoms with Crippen molar-refractivity contribution in [1.82, 2.24) is 4.98 Å². The van der Waals surface area contributed by atoms with E-state index < -0.39 is 5.97 Å². The van der Waals surface area contributed by atoms with Crippen LogP contribution in [0.1, 0.15) is 21.7 Å². The lowest BCUT2D eigenvalue weighted by molar-refractivity contribution is -0.136. The fourth-order valence-corrected chi connectivity index (χ4v) is 2.82. The number of carboxylic acids is 1. The van der Waals surface area contributed by atoms with E-state index in [-0.39, 0.29) is 6.42 Å². The number of nitrogens with one attached hydrogen (secondary N) is 1. The first-order chi connectivity index (χ1) is 8.95. The lowest BCUT2D eigenvalue weighted by Gasteiger charge is -2.07. The van der Waals surface area contributed by atoms with E-state index in [1.165, 1.54) is 16.9 Å². The molecule has 5 heteroatoms. The molecule has 0 bridgehead atoms. The number of nitrogens with zero attached hydrogens (tertiary/aromatic N) is 1. The summed E-state index contributed by atoms with van der Waals surface area (Å²) >= 11 is 1.39. The third-order valence-electron chi connectivity index (χ3n) is 2.83. The second-order valence-corrected chi connectivity index (χ2v) is 5.63. The molecule has 0 saturated carbocycles. The van der Waals surface area contributed by atoms with Crippen LogP contribution in [0.25, 0.3) is 0 Å². The van der Waals surface area contributed by atoms with Gasteiger partial charge in [0.05, 0.1) is 12.1 Å². The van der Waals surface area contributed by atoms with Crippen LogP contribution in [0, 0.1) is 20.8 Å². The van der Waals surface area contributed by atoms with E-state index in [1.807, 2.05) is 26.0 Å². The smallest absolute Gasteiger partial charge is 0.308 e. The number of thiazole rings is 1. The van der Waals surface area contributed by atoms with Gasteiger partial charge < -0.3 is 10.4 Å². The molecule has 0 saturated heterocycles. The van der Waals surface area contributed by atoms with Crippen LogP contribution in [-0.2, 0) is 11.2 Å². The number of anilines is 2. The van der Waals surface area contributed by atoms with Crippen LogP contribution in [-0.4, -0.2) is 16.1 Å². The summed E-state index contributed by atoms with van der Waals surface area (Å²) in [5, 5.41) is 12.8. The van der Waals surface area contributed by atoms with Crippen molar-refractivity contribution >= 4 is 28.1 Å². The van der Waals surface area contributed by atoms with Gasteiger partial charge in [0, 0.05) is 10.6 Å². The number of hydrogen-bond donors (Lipinski definition) is 2. The predicted molar refractivity (Wildman–Crippen MR) is 77.4 cm³/mol. The van der Waals surface area contributed by atoms with Crippen molar-refractivity contribution in [1.29, 1.82) is 0 Å². The highest BCUT2D eigenvalue weighted by atomic mass is 32.1. The standard InChI is InChI=1S/C14H16N2O2S/c1-8-4-5-11(9(2)6-8)16-14-15-10(3)12(19-14)7-13(17)18/h4-6H,7H2,1-3H3,(H,15,16)(H,17,18). The number of carbonyl (C=O) groups is 1. The maximum absolute atomic E-state index is 10.7. The highest BCUT2D eigenvalue weighted by molar-refractivity contribution is 7.15. The molecular formula is C14H16N2O2S. The number of aliphatic carboxylic acids is 1. The van der Waals surface area contributed by atoms with Crippen molar-refractivity contribution in [2.24, 2.45) is 0 Å². The topological polar surface area (TPSA) is 62.2 Å². The van der Waals surface area contributed by atoms with Crippen LogP contribution in [0.15, 0.2) is 18.2 Å². The summed E-state index contributed by atoms with van der Waals surface area (Å²) in [6.07, 6.45) is 0.0259. The Kier molecular flexibility index (Phi) is 3.85. The monoisotopic (exact) mass is 276 g/mol. The van der Waals surface area contributed by atoms with Crippen LogP contribution >= 0.6 is 11.3 Å². The van der Waals surface area contributed by atoms with Gasteiger partial charge in [0.2, 0.25) is 0 Å². The number of hydrogen-bond acceptors (Lipinski definition) is 4. The van der Waals surface area contributed by atoms with Crippen LogP contribution in [0.4, 0.5) is 10.8 Å². The van der Waals surface area contributed by atoms with E-state index in [1.54, 1.807) is 0 Å². The number of aromatic nitrogens is 1. The SMILES string of the molecule is Cc1ccc(Nc2nc(C)c(CC(=O)O)s2)c(C)c1. The first-order valence-corrected chi connectivity index (χ1v) is 6.79. The van der Waals surface area contributed by atoms with E-state index >= 15 is 0 Å². The molecule has 0 fully saturated rings.